The maximum absolute atomic E-state index is 13.1. The molecule has 1 aromatic carbocycles. The number of amides is 1. The van der Waals surface area contributed by atoms with E-state index in [1.807, 2.05) is 0 Å². The molecular formula is C13H15F2N3O3S. The standard InChI is InChI=1S/C13H13F2N3O3S.H2/c1-13(14,15)11-17-18-12(22-11)16-10(19)7-4-5-8(20-2)9(6-7)21-3;/h4-6H,1-3H3,(H,16,18,19);1H. The number of halogens is 2. The molecule has 0 atom stereocenters. The van der Waals surface area contributed by atoms with Crippen molar-refractivity contribution in [3.05, 3.63) is 28.8 Å². The first-order valence-corrected chi connectivity index (χ1v) is 6.92. The van der Waals surface area contributed by atoms with Crippen LogP contribution in [0.4, 0.5) is 13.9 Å². The summed E-state index contributed by atoms with van der Waals surface area (Å²) in [5, 5.41) is 8.83. The van der Waals surface area contributed by atoms with Crippen LogP contribution in [0.3, 0.4) is 0 Å². The number of nitrogens with zero attached hydrogens (tertiary/aromatic N) is 2. The fourth-order valence-electron chi connectivity index (χ4n) is 1.60. The number of hydrogen-bond acceptors (Lipinski definition) is 6. The van der Waals surface area contributed by atoms with E-state index in [-0.39, 0.29) is 12.1 Å². The molecule has 0 saturated carbocycles. The lowest BCUT2D eigenvalue weighted by Crippen LogP contribution is -2.12. The van der Waals surface area contributed by atoms with Gasteiger partial charge in [0.25, 0.3) is 11.8 Å². The Labute approximate surface area is 130 Å². The Bertz CT molecular complexity index is 691. The lowest BCUT2D eigenvalue weighted by atomic mass is 10.2. The van der Waals surface area contributed by atoms with Crippen LogP contribution in [-0.4, -0.2) is 30.3 Å². The van der Waals surface area contributed by atoms with Gasteiger partial charge in [0, 0.05) is 13.9 Å². The van der Waals surface area contributed by atoms with Crippen LogP contribution in [0.15, 0.2) is 18.2 Å². The molecule has 0 aliphatic heterocycles. The van der Waals surface area contributed by atoms with Gasteiger partial charge in [-0.1, -0.05) is 11.3 Å². The molecule has 9 heteroatoms. The number of aromatic nitrogens is 2. The van der Waals surface area contributed by atoms with Crippen LogP contribution in [0.1, 0.15) is 23.7 Å². The molecule has 6 nitrogen and oxygen atoms in total. The summed E-state index contributed by atoms with van der Waals surface area (Å²) in [6.07, 6.45) is 0. The minimum absolute atomic E-state index is 0. The zero-order valence-electron chi connectivity index (χ0n) is 12.0. The van der Waals surface area contributed by atoms with Gasteiger partial charge in [0.15, 0.2) is 16.5 Å². The highest BCUT2D eigenvalue weighted by Gasteiger charge is 2.29. The third-order valence-electron chi connectivity index (χ3n) is 2.67. The predicted molar refractivity (Wildman–Crippen MR) is 79.1 cm³/mol. The first-order chi connectivity index (χ1) is 10.3. The Balaban J connectivity index is 0.00000264. The quantitative estimate of drug-likeness (QED) is 0.911. The zero-order valence-corrected chi connectivity index (χ0v) is 12.8. The van der Waals surface area contributed by atoms with Crippen LogP contribution in [0.25, 0.3) is 0 Å². The van der Waals surface area contributed by atoms with Gasteiger partial charge in [0.2, 0.25) is 5.13 Å². The Morgan fingerprint density at radius 1 is 1.27 bits per heavy atom. The number of carbonyl (C=O) groups is 1. The summed E-state index contributed by atoms with van der Waals surface area (Å²) in [6.45, 7) is 0.716. The van der Waals surface area contributed by atoms with Gasteiger partial charge in [-0.05, 0) is 18.2 Å². The molecule has 22 heavy (non-hydrogen) atoms. The van der Waals surface area contributed by atoms with Gasteiger partial charge in [0.1, 0.15) is 0 Å². The van der Waals surface area contributed by atoms with Crippen molar-refractivity contribution in [3.8, 4) is 11.5 Å². The number of carbonyl (C=O) groups excluding carboxylic acids is 1. The minimum atomic E-state index is -3.09. The number of hydrogen-bond donors (Lipinski definition) is 1. The molecule has 1 amide bonds. The molecule has 2 aromatic rings. The Kier molecular flexibility index (Phi) is 4.55. The summed E-state index contributed by atoms with van der Waals surface area (Å²) in [5.74, 6) is -2.75. The van der Waals surface area contributed by atoms with E-state index in [2.05, 4.69) is 15.5 Å². The molecule has 0 saturated heterocycles. The van der Waals surface area contributed by atoms with Crippen molar-refractivity contribution in [2.45, 2.75) is 12.8 Å². The minimum Gasteiger partial charge on any atom is -0.493 e. The molecule has 0 fully saturated rings. The van der Waals surface area contributed by atoms with Gasteiger partial charge in [0.05, 0.1) is 14.2 Å². The van der Waals surface area contributed by atoms with E-state index >= 15 is 0 Å². The SMILES string of the molecule is COc1ccc(C(=O)Nc2nnc(C(C)(F)F)s2)cc1OC.[HH]. The van der Waals surface area contributed by atoms with Crippen LogP contribution < -0.4 is 14.8 Å². The Hall–Kier alpha value is -2.29. The van der Waals surface area contributed by atoms with Crippen LogP contribution in [0, 0.1) is 0 Å². The molecule has 2 rings (SSSR count). The molecular weight excluding hydrogens is 316 g/mol. The third-order valence-corrected chi connectivity index (χ3v) is 3.68. The summed E-state index contributed by atoms with van der Waals surface area (Å²) in [6, 6.07) is 4.57. The third kappa shape index (κ3) is 3.48. The number of anilines is 1. The molecule has 0 bridgehead atoms. The molecule has 1 N–H and O–H groups in total. The fourth-order valence-corrected chi connectivity index (χ4v) is 2.27. The van der Waals surface area contributed by atoms with Gasteiger partial charge in [-0.15, -0.1) is 10.2 Å². The lowest BCUT2D eigenvalue weighted by molar-refractivity contribution is 0.0165. The van der Waals surface area contributed by atoms with Crippen molar-refractivity contribution < 1.29 is 24.5 Å². The maximum Gasteiger partial charge on any atom is 0.298 e. The van der Waals surface area contributed by atoms with Gasteiger partial charge >= 0.3 is 0 Å². The molecule has 0 aliphatic rings. The van der Waals surface area contributed by atoms with Crippen LogP contribution in [0.5, 0.6) is 11.5 Å². The van der Waals surface area contributed by atoms with Gasteiger partial charge in [-0.25, -0.2) is 0 Å². The van der Waals surface area contributed by atoms with E-state index < -0.39 is 16.8 Å². The lowest BCUT2D eigenvalue weighted by Gasteiger charge is -2.09. The normalized spacial score (nSPS) is 11.1. The van der Waals surface area contributed by atoms with E-state index in [0.717, 1.165) is 0 Å². The fraction of sp³-hybridized carbons (Fsp3) is 0.308. The predicted octanol–water partition coefficient (Wildman–Crippen LogP) is 3.17. The van der Waals surface area contributed by atoms with E-state index in [1.54, 1.807) is 6.07 Å². The summed E-state index contributed by atoms with van der Waals surface area (Å²) >= 11 is 0.620. The van der Waals surface area contributed by atoms with Gasteiger partial charge < -0.3 is 9.47 Å². The van der Waals surface area contributed by atoms with Crippen molar-refractivity contribution in [2.24, 2.45) is 0 Å². The molecule has 120 valence electrons. The number of nitrogens with one attached hydrogen (secondary N) is 1. The van der Waals surface area contributed by atoms with Crippen molar-refractivity contribution in [1.29, 1.82) is 0 Å². The summed E-state index contributed by atoms with van der Waals surface area (Å²) < 4.78 is 36.3. The topological polar surface area (TPSA) is 73.3 Å². The highest BCUT2D eigenvalue weighted by molar-refractivity contribution is 7.15. The molecule has 1 aromatic heterocycles. The molecule has 1 heterocycles. The summed E-state index contributed by atoms with van der Waals surface area (Å²) in [5.41, 5.74) is 0.276. The van der Waals surface area contributed by atoms with Crippen LogP contribution in [0.2, 0.25) is 0 Å². The van der Waals surface area contributed by atoms with Crippen molar-refractivity contribution in [3.63, 3.8) is 0 Å². The highest BCUT2D eigenvalue weighted by Crippen LogP contribution is 2.32. The summed E-state index contributed by atoms with van der Waals surface area (Å²) in [4.78, 5) is 12.1. The molecule has 0 aliphatic carbocycles. The van der Waals surface area contributed by atoms with Crippen LogP contribution >= 0.6 is 11.3 Å². The zero-order chi connectivity index (χ0) is 16.3. The second-order valence-corrected chi connectivity index (χ2v) is 5.30. The largest absolute Gasteiger partial charge is 0.493 e. The van der Waals surface area contributed by atoms with Crippen LogP contribution in [-0.2, 0) is 5.92 Å². The van der Waals surface area contributed by atoms with E-state index in [0.29, 0.717) is 29.8 Å². The number of alkyl halides is 2. The van der Waals surface area contributed by atoms with E-state index in [1.165, 1.54) is 26.4 Å². The van der Waals surface area contributed by atoms with Crippen molar-refractivity contribution >= 4 is 22.4 Å². The Morgan fingerprint density at radius 3 is 2.50 bits per heavy atom. The monoisotopic (exact) mass is 331 g/mol. The van der Waals surface area contributed by atoms with Crippen molar-refractivity contribution in [2.75, 3.05) is 19.5 Å². The first-order valence-electron chi connectivity index (χ1n) is 6.10. The second-order valence-electron chi connectivity index (χ2n) is 4.32. The van der Waals surface area contributed by atoms with Gasteiger partial charge in [-0.2, -0.15) is 8.78 Å². The number of ether oxygens (including phenoxy) is 2. The van der Waals surface area contributed by atoms with Gasteiger partial charge in [-0.3, -0.25) is 10.1 Å². The number of benzene rings is 1. The number of rotatable bonds is 5. The Morgan fingerprint density at radius 2 is 1.95 bits per heavy atom. The average molecular weight is 331 g/mol. The van der Waals surface area contributed by atoms with E-state index in [4.69, 9.17) is 9.47 Å². The smallest absolute Gasteiger partial charge is 0.298 e. The second kappa shape index (κ2) is 6.22. The maximum atomic E-state index is 13.1. The van der Waals surface area contributed by atoms with E-state index in [9.17, 15) is 13.6 Å². The molecule has 0 radical (unpaired) electrons. The number of methoxy groups -OCH3 is 2. The highest BCUT2D eigenvalue weighted by atomic mass is 32.1. The molecule has 0 spiro atoms. The average Bonchev–Trinajstić information content (AvgIpc) is 2.95. The van der Waals surface area contributed by atoms with Crippen molar-refractivity contribution in [1.82, 2.24) is 10.2 Å². The summed E-state index contributed by atoms with van der Waals surface area (Å²) in [7, 11) is 2.92. The first kappa shape index (κ1) is 16.1. The molecule has 0 unspecified atom stereocenters.